The van der Waals surface area contributed by atoms with Gasteiger partial charge in [-0.1, -0.05) is 25.0 Å². The molecule has 1 aliphatic rings. The molecule has 0 atom stereocenters. The van der Waals surface area contributed by atoms with Crippen molar-refractivity contribution in [1.82, 2.24) is 24.2 Å². The van der Waals surface area contributed by atoms with Gasteiger partial charge in [0.25, 0.3) is 0 Å². The van der Waals surface area contributed by atoms with Crippen LogP contribution in [-0.2, 0) is 27.8 Å². The van der Waals surface area contributed by atoms with Gasteiger partial charge in [-0.2, -0.15) is 4.31 Å². The van der Waals surface area contributed by atoms with Crippen molar-refractivity contribution in [2.75, 3.05) is 13.1 Å². The van der Waals surface area contributed by atoms with Crippen molar-refractivity contribution in [3.8, 4) is 5.82 Å². The Hall–Kier alpha value is -3.04. The Balaban J connectivity index is 1.28. The molecule has 1 aromatic carbocycles. The molecule has 1 amide bonds. The van der Waals surface area contributed by atoms with Gasteiger partial charge in [0.2, 0.25) is 15.9 Å². The number of pyridine rings is 1. The third kappa shape index (κ3) is 6.06. The molecule has 1 aliphatic heterocycles. The van der Waals surface area contributed by atoms with Crippen LogP contribution in [0.25, 0.3) is 5.82 Å². The zero-order chi connectivity index (χ0) is 23.1. The van der Waals surface area contributed by atoms with E-state index in [2.05, 4.69) is 15.3 Å². The van der Waals surface area contributed by atoms with Crippen molar-refractivity contribution in [2.45, 2.75) is 50.0 Å². The van der Waals surface area contributed by atoms with Crippen LogP contribution in [0.4, 0.5) is 0 Å². The summed E-state index contributed by atoms with van der Waals surface area (Å²) in [4.78, 5) is 21.0. The van der Waals surface area contributed by atoms with Crippen LogP contribution in [0.3, 0.4) is 0 Å². The largest absolute Gasteiger partial charge is 0.352 e. The lowest BCUT2D eigenvalue weighted by Gasteiger charge is -2.20. The molecule has 0 radical (unpaired) electrons. The summed E-state index contributed by atoms with van der Waals surface area (Å²) in [6.07, 6.45) is 11.8. The highest BCUT2D eigenvalue weighted by Gasteiger charge is 2.24. The van der Waals surface area contributed by atoms with Gasteiger partial charge < -0.3 is 5.32 Å². The molecule has 8 nitrogen and oxygen atoms in total. The van der Waals surface area contributed by atoms with Crippen LogP contribution in [-0.4, -0.2) is 46.3 Å². The van der Waals surface area contributed by atoms with Crippen LogP contribution in [0.2, 0.25) is 0 Å². The highest BCUT2D eigenvalue weighted by atomic mass is 32.2. The summed E-state index contributed by atoms with van der Waals surface area (Å²) in [7, 11) is -3.45. The number of amides is 1. The number of aryl methyl sites for hydroxylation is 1. The van der Waals surface area contributed by atoms with Crippen LogP contribution in [0, 0.1) is 0 Å². The fourth-order valence-corrected chi connectivity index (χ4v) is 5.43. The number of benzene rings is 1. The van der Waals surface area contributed by atoms with Crippen LogP contribution < -0.4 is 5.32 Å². The van der Waals surface area contributed by atoms with Gasteiger partial charge in [-0.15, -0.1) is 0 Å². The van der Waals surface area contributed by atoms with E-state index < -0.39 is 10.0 Å². The minimum Gasteiger partial charge on any atom is -0.352 e. The number of imidazole rings is 1. The molecule has 0 saturated carbocycles. The maximum atomic E-state index is 12.9. The third-order valence-electron chi connectivity index (χ3n) is 5.84. The lowest BCUT2D eigenvalue weighted by Crippen LogP contribution is -2.31. The normalized spacial score (nSPS) is 15.2. The third-order valence-corrected chi connectivity index (χ3v) is 7.75. The first kappa shape index (κ1) is 23.1. The summed E-state index contributed by atoms with van der Waals surface area (Å²) in [5.41, 5.74) is 1.89. The highest BCUT2D eigenvalue weighted by Crippen LogP contribution is 2.21. The predicted octanol–water partition coefficient (Wildman–Crippen LogP) is 3.08. The van der Waals surface area contributed by atoms with Crippen molar-refractivity contribution in [2.24, 2.45) is 0 Å². The molecular weight excluding hydrogens is 438 g/mol. The molecule has 1 N–H and O–H groups in total. The Bertz CT molecular complexity index is 1150. The summed E-state index contributed by atoms with van der Waals surface area (Å²) < 4.78 is 29.2. The van der Waals surface area contributed by atoms with Crippen LogP contribution in [0.5, 0.6) is 0 Å². The van der Waals surface area contributed by atoms with Gasteiger partial charge in [0.15, 0.2) is 0 Å². The van der Waals surface area contributed by atoms with E-state index in [1.165, 1.54) is 0 Å². The first-order chi connectivity index (χ1) is 16.0. The second-order valence-electron chi connectivity index (χ2n) is 8.23. The van der Waals surface area contributed by atoms with Gasteiger partial charge in [-0.3, -0.25) is 9.36 Å². The van der Waals surface area contributed by atoms with Crippen LogP contribution in [0.15, 0.2) is 66.2 Å². The summed E-state index contributed by atoms with van der Waals surface area (Å²) >= 11 is 0. The van der Waals surface area contributed by atoms with E-state index in [9.17, 15) is 13.2 Å². The highest BCUT2D eigenvalue weighted by molar-refractivity contribution is 7.89. The molecule has 3 heterocycles. The average molecular weight is 468 g/mol. The molecule has 3 aromatic rings. The van der Waals surface area contributed by atoms with Gasteiger partial charge in [-0.25, -0.2) is 18.4 Å². The molecule has 0 spiro atoms. The van der Waals surface area contributed by atoms with Gasteiger partial charge in [0, 0.05) is 44.6 Å². The molecule has 33 heavy (non-hydrogen) atoms. The van der Waals surface area contributed by atoms with Crippen molar-refractivity contribution in [3.05, 3.63) is 72.4 Å². The zero-order valence-corrected chi connectivity index (χ0v) is 19.4. The van der Waals surface area contributed by atoms with E-state index in [4.69, 9.17) is 0 Å². The number of rotatable bonds is 8. The van der Waals surface area contributed by atoms with Crippen LogP contribution in [0.1, 0.15) is 43.2 Å². The summed E-state index contributed by atoms with van der Waals surface area (Å²) in [6.45, 7) is 1.59. The first-order valence-corrected chi connectivity index (χ1v) is 12.8. The lowest BCUT2D eigenvalue weighted by molar-refractivity contribution is -0.121. The van der Waals surface area contributed by atoms with E-state index in [1.54, 1.807) is 47.3 Å². The minimum absolute atomic E-state index is 0.0581. The predicted molar refractivity (Wildman–Crippen MR) is 125 cm³/mol. The Labute approximate surface area is 194 Å². The van der Waals surface area contributed by atoms with E-state index in [0.29, 0.717) is 37.4 Å². The number of nitrogens with one attached hydrogen (secondary N) is 1. The van der Waals surface area contributed by atoms with E-state index in [-0.39, 0.29) is 5.91 Å². The standard InChI is InChI=1S/C24H29N5O3S/c30-24(27-18-21-11-12-26-23(17-21)28-16-13-25-19-28)10-7-20-5-8-22(9-6-20)33(31,32)29-14-3-1-2-4-15-29/h5-6,8-9,11-13,16-17,19H,1-4,7,10,14-15,18H2,(H,27,30). The van der Waals surface area contributed by atoms with Gasteiger partial charge in [-0.05, 0) is 54.7 Å². The molecule has 1 fully saturated rings. The SMILES string of the molecule is O=C(CCc1ccc(S(=O)(=O)N2CCCCCC2)cc1)NCc1ccnc(-n2ccnc2)c1. The molecule has 0 unspecified atom stereocenters. The van der Waals surface area contributed by atoms with Gasteiger partial charge >= 0.3 is 0 Å². The molecular formula is C24H29N5O3S. The van der Waals surface area contributed by atoms with E-state index >= 15 is 0 Å². The number of carbonyl (C=O) groups excluding carboxylic acids is 1. The first-order valence-electron chi connectivity index (χ1n) is 11.3. The van der Waals surface area contributed by atoms with E-state index in [1.807, 2.05) is 22.9 Å². The number of nitrogens with zero attached hydrogens (tertiary/aromatic N) is 4. The molecule has 4 rings (SSSR count). The molecule has 174 valence electrons. The average Bonchev–Trinajstić information content (AvgIpc) is 3.23. The van der Waals surface area contributed by atoms with Gasteiger partial charge in [0.05, 0.1) is 4.90 Å². The molecule has 2 aromatic heterocycles. The summed E-state index contributed by atoms with van der Waals surface area (Å²) in [5.74, 6) is 0.687. The number of aromatic nitrogens is 3. The second-order valence-corrected chi connectivity index (χ2v) is 10.2. The number of sulfonamides is 1. The van der Waals surface area contributed by atoms with Gasteiger partial charge in [0.1, 0.15) is 12.1 Å². The number of hydrogen-bond donors (Lipinski definition) is 1. The lowest BCUT2D eigenvalue weighted by atomic mass is 10.1. The summed E-state index contributed by atoms with van der Waals surface area (Å²) in [6, 6.07) is 10.7. The second kappa shape index (κ2) is 10.7. The number of hydrogen-bond acceptors (Lipinski definition) is 5. The number of carbonyl (C=O) groups is 1. The molecule has 0 aliphatic carbocycles. The van der Waals surface area contributed by atoms with Crippen molar-refractivity contribution >= 4 is 15.9 Å². The minimum atomic E-state index is -3.45. The van der Waals surface area contributed by atoms with Crippen molar-refractivity contribution in [1.29, 1.82) is 0 Å². The Morgan fingerprint density at radius 3 is 2.42 bits per heavy atom. The smallest absolute Gasteiger partial charge is 0.243 e. The zero-order valence-electron chi connectivity index (χ0n) is 18.6. The Kier molecular flexibility index (Phi) is 7.51. The van der Waals surface area contributed by atoms with Crippen LogP contribution >= 0.6 is 0 Å². The molecule has 0 bridgehead atoms. The fraction of sp³-hybridized carbons (Fsp3) is 0.375. The monoisotopic (exact) mass is 467 g/mol. The maximum absolute atomic E-state index is 12.9. The fourth-order valence-electron chi connectivity index (χ4n) is 3.91. The summed E-state index contributed by atoms with van der Waals surface area (Å²) in [5, 5.41) is 2.93. The quantitative estimate of drug-likeness (QED) is 0.549. The molecule has 9 heteroatoms. The molecule has 1 saturated heterocycles. The van der Waals surface area contributed by atoms with Crippen molar-refractivity contribution < 1.29 is 13.2 Å². The Morgan fingerprint density at radius 2 is 1.73 bits per heavy atom. The Morgan fingerprint density at radius 1 is 0.970 bits per heavy atom. The van der Waals surface area contributed by atoms with Crippen molar-refractivity contribution in [3.63, 3.8) is 0 Å². The topological polar surface area (TPSA) is 97.2 Å². The maximum Gasteiger partial charge on any atom is 0.243 e. The van der Waals surface area contributed by atoms with E-state index in [0.717, 1.165) is 42.6 Å².